The zero-order valence-electron chi connectivity index (χ0n) is 38.8. The lowest BCUT2D eigenvalue weighted by Gasteiger charge is -2.71. The molecule has 0 spiro atoms. The van der Waals surface area contributed by atoms with Gasteiger partial charge in [-0.1, -0.05) is 53.2 Å². The van der Waals surface area contributed by atoms with Crippen molar-refractivity contribution in [2.24, 2.45) is 50.2 Å². The lowest BCUT2D eigenvalue weighted by Crippen LogP contribution is -2.69. The average molecular weight is 941 g/mol. The number of aldehydes is 1. The largest absolute Gasteiger partial charge is 0.479 e. The smallest absolute Gasteiger partial charge is 0.335 e. The molecule has 10 N–H and O–H groups in total. The third kappa shape index (κ3) is 7.47. The molecule has 0 radical (unpaired) electrons. The van der Waals surface area contributed by atoms with Crippen LogP contribution in [-0.4, -0.2) is 174 Å². The maximum absolute atomic E-state index is 15.1. The Morgan fingerprint density at radius 1 is 0.727 bits per heavy atom. The minimum absolute atomic E-state index is 0.00738. The summed E-state index contributed by atoms with van der Waals surface area (Å²) >= 11 is 0. The second-order valence-corrected chi connectivity index (χ2v) is 22.8. The molecule has 3 heterocycles. The van der Waals surface area contributed by atoms with Gasteiger partial charge < -0.3 is 84.3 Å². The molecule has 3 aliphatic heterocycles. The molecule has 8 aliphatic rings. The van der Waals surface area contributed by atoms with Crippen LogP contribution < -0.4 is 0 Å². The Bertz CT molecular complexity index is 1900. The minimum atomic E-state index is -1.89. The summed E-state index contributed by atoms with van der Waals surface area (Å²) in [5.74, 6) is -3.03. The van der Waals surface area contributed by atoms with E-state index in [0.717, 1.165) is 11.9 Å². The number of carboxylic acid groups (broad SMARTS) is 1. The number of aliphatic hydroxyl groups excluding tert-OH is 9. The van der Waals surface area contributed by atoms with Gasteiger partial charge in [-0.15, -0.1) is 0 Å². The predicted molar refractivity (Wildman–Crippen MR) is 225 cm³/mol. The van der Waals surface area contributed by atoms with E-state index in [9.17, 15) is 60.7 Å². The van der Waals surface area contributed by atoms with E-state index in [-0.39, 0.29) is 30.1 Å². The molecule has 0 aromatic heterocycles. The monoisotopic (exact) mass is 940 g/mol. The Morgan fingerprint density at radius 2 is 1.38 bits per heavy atom. The average Bonchev–Trinajstić information content (AvgIpc) is 3.25. The molecule has 5 aliphatic carbocycles. The molecule has 374 valence electrons. The number of allylic oxidation sites excluding steroid dienone is 2. The summed E-state index contributed by atoms with van der Waals surface area (Å²) in [6.07, 6.45) is -17.4. The number of aliphatic hydroxyl groups is 9. The number of hydrogen-bond donors (Lipinski definition) is 10. The number of fused-ring (bicyclic) bond motifs is 7. The molecule has 3 saturated heterocycles. The van der Waals surface area contributed by atoms with Gasteiger partial charge in [-0.3, -0.25) is 4.79 Å². The van der Waals surface area contributed by atoms with Crippen molar-refractivity contribution in [2.45, 2.75) is 204 Å². The summed E-state index contributed by atoms with van der Waals surface area (Å²) in [7, 11) is 0. The highest BCUT2D eigenvalue weighted by molar-refractivity contribution is 5.80. The molecule has 0 aromatic carbocycles. The second-order valence-electron chi connectivity index (χ2n) is 22.8. The van der Waals surface area contributed by atoms with Gasteiger partial charge in [0.25, 0.3) is 0 Å². The van der Waals surface area contributed by atoms with Crippen molar-refractivity contribution in [1.29, 1.82) is 0 Å². The second kappa shape index (κ2) is 17.3. The van der Waals surface area contributed by atoms with Gasteiger partial charge in [0.15, 0.2) is 24.8 Å². The van der Waals surface area contributed by atoms with Crippen LogP contribution in [0.5, 0.6) is 0 Å². The van der Waals surface area contributed by atoms with Crippen molar-refractivity contribution < 1.29 is 93.9 Å². The molecule has 0 amide bonds. The van der Waals surface area contributed by atoms with Gasteiger partial charge in [-0.05, 0) is 104 Å². The number of rotatable bonds is 8. The molecule has 4 saturated carbocycles. The van der Waals surface area contributed by atoms with E-state index in [0.29, 0.717) is 44.9 Å². The van der Waals surface area contributed by atoms with E-state index in [4.69, 9.17) is 28.4 Å². The van der Waals surface area contributed by atoms with Gasteiger partial charge >= 0.3 is 11.9 Å². The van der Waals surface area contributed by atoms with Crippen molar-refractivity contribution in [1.82, 2.24) is 0 Å². The molecule has 0 aromatic rings. The maximum atomic E-state index is 15.1. The Labute approximate surface area is 384 Å². The number of carboxylic acids is 1. The van der Waals surface area contributed by atoms with Gasteiger partial charge in [0.2, 0.25) is 6.29 Å². The molecular weight excluding hydrogens is 868 g/mol. The highest BCUT2D eigenvalue weighted by Crippen LogP contribution is 2.76. The van der Waals surface area contributed by atoms with Gasteiger partial charge in [0.05, 0.1) is 30.3 Å². The number of hydrogen-bond acceptors (Lipinski definition) is 18. The summed E-state index contributed by atoms with van der Waals surface area (Å²) in [6, 6.07) is 0. The zero-order chi connectivity index (χ0) is 48.4. The molecule has 0 unspecified atom stereocenters. The Hall–Kier alpha value is -2.21. The van der Waals surface area contributed by atoms with Crippen LogP contribution in [0.2, 0.25) is 0 Å². The molecule has 8 rings (SSSR count). The predicted octanol–water partition coefficient (Wildman–Crippen LogP) is 0.0493. The molecular formula is C47H72O19. The zero-order valence-corrected chi connectivity index (χ0v) is 38.8. The molecule has 0 bridgehead atoms. The summed E-state index contributed by atoms with van der Waals surface area (Å²) < 4.78 is 35.2. The van der Waals surface area contributed by atoms with E-state index >= 15 is 4.79 Å². The molecule has 66 heavy (non-hydrogen) atoms. The van der Waals surface area contributed by atoms with Crippen LogP contribution in [0, 0.1) is 50.2 Å². The van der Waals surface area contributed by atoms with Gasteiger partial charge in [-0.2, -0.15) is 0 Å². The van der Waals surface area contributed by atoms with E-state index < -0.39 is 150 Å². The number of carbonyl (C=O) groups excluding carboxylic acids is 2. The summed E-state index contributed by atoms with van der Waals surface area (Å²) in [6.45, 7) is 13.8. The molecule has 7 fully saturated rings. The fourth-order valence-corrected chi connectivity index (χ4v) is 14.6. The van der Waals surface area contributed by atoms with Crippen LogP contribution in [0.15, 0.2) is 11.6 Å². The lowest BCUT2D eigenvalue weighted by molar-refractivity contribution is -0.350. The third-order valence-corrected chi connectivity index (χ3v) is 18.8. The first kappa shape index (κ1) is 50.2. The van der Waals surface area contributed by atoms with Gasteiger partial charge in [0.1, 0.15) is 60.5 Å². The van der Waals surface area contributed by atoms with Crippen LogP contribution in [-0.2, 0) is 42.8 Å². The Kier molecular flexibility index (Phi) is 13.1. The Morgan fingerprint density at radius 3 is 2.03 bits per heavy atom. The van der Waals surface area contributed by atoms with Crippen molar-refractivity contribution in [3.63, 3.8) is 0 Å². The van der Waals surface area contributed by atoms with Gasteiger partial charge in [0, 0.05) is 0 Å². The first-order valence-electron chi connectivity index (χ1n) is 23.7. The first-order chi connectivity index (χ1) is 30.7. The fraction of sp³-hybridized carbons (Fsp3) is 0.894. The van der Waals surface area contributed by atoms with Crippen LogP contribution in [0.4, 0.5) is 0 Å². The van der Waals surface area contributed by atoms with Crippen LogP contribution >= 0.6 is 0 Å². The number of esters is 1. The molecule has 19 nitrogen and oxygen atoms in total. The van der Waals surface area contributed by atoms with Crippen molar-refractivity contribution >= 4 is 18.2 Å². The quantitative estimate of drug-likeness (QED) is 0.0665. The number of carbonyl (C=O) groups is 3. The SMILES string of the molecule is C[C@@H]1O[C@@H](O[C@H]2[C@H](OC(=O)[C@]34CCC(C)(C)C[C@H]3C3=CC[C@@H]5[C@@]6(C)CC[C@H](O[C@@H]7O[C@H](C(=O)O)[C@@H](O)[C@H](O)[C@H]7O)[C@@](C)(C=O)[C@@H]6CC[C@@]5(C)[C@]3(C)C[C@H]4O)OC[C@H](O)[C@@H]2O)[C@H](O)[C@H](O)[C@H]1O. The number of ether oxygens (including phenoxy) is 6. The minimum Gasteiger partial charge on any atom is -0.479 e. The van der Waals surface area contributed by atoms with E-state index in [1.54, 1.807) is 0 Å². The van der Waals surface area contributed by atoms with Crippen molar-refractivity contribution in [2.75, 3.05) is 6.61 Å². The maximum Gasteiger partial charge on any atom is 0.335 e. The van der Waals surface area contributed by atoms with Crippen molar-refractivity contribution in [3.8, 4) is 0 Å². The lowest BCUT2D eigenvalue weighted by atomic mass is 9.33. The normalized spacial score (nSPS) is 54.6. The molecule has 19 heteroatoms. The highest BCUT2D eigenvalue weighted by atomic mass is 16.8. The van der Waals surface area contributed by atoms with Gasteiger partial charge in [-0.25, -0.2) is 4.79 Å². The summed E-state index contributed by atoms with van der Waals surface area (Å²) in [4.78, 5) is 40.4. The number of aliphatic carboxylic acids is 1. The van der Waals surface area contributed by atoms with Crippen LogP contribution in [0.25, 0.3) is 0 Å². The standard InChI is InChI=1S/C47H72O19/c1-20-28(51)30(53)33(56)38(62-20)65-36-29(52)23(49)18-61-40(36)66-41(60)47-15-14-42(2,3)16-22(47)21-8-9-25-43(4)12-11-27(63-39-34(57)31(54)32(55)35(64-39)37(58)59)44(5,19-48)24(43)10-13-45(25,6)46(21,7)17-26(47)50/h8,19-20,22-36,38-40,49-57H,9-18H2,1-7H3,(H,58,59)/t20-,22-,23-,24+,25+,26+,27-,28-,29-,30+,31-,32-,33+,34+,35-,36+,38-,39+,40-,43-,44-,45+,46+,47+/m0/s1. The highest BCUT2D eigenvalue weighted by Gasteiger charge is 2.72. The Balaban J connectivity index is 1.08. The van der Waals surface area contributed by atoms with E-state index in [1.807, 2.05) is 6.92 Å². The summed E-state index contributed by atoms with van der Waals surface area (Å²) in [5.41, 5.74) is -3.30. The van der Waals surface area contributed by atoms with Crippen molar-refractivity contribution in [3.05, 3.63) is 11.6 Å². The molecule has 24 atom stereocenters. The topological polar surface area (TPSA) is 309 Å². The van der Waals surface area contributed by atoms with E-state index in [1.165, 1.54) is 6.92 Å². The van der Waals surface area contributed by atoms with Crippen LogP contribution in [0.3, 0.4) is 0 Å². The third-order valence-electron chi connectivity index (χ3n) is 18.8. The van der Waals surface area contributed by atoms with Crippen LogP contribution in [0.1, 0.15) is 106 Å². The fourth-order valence-electron chi connectivity index (χ4n) is 14.6. The summed E-state index contributed by atoms with van der Waals surface area (Å²) in [5, 5.41) is 107. The van der Waals surface area contributed by atoms with E-state index in [2.05, 4.69) is 40.7 Å². The first-order valence-corrected chi connectivity index (χ1v) is 23.7.